The lowest BCUT2D eigenvalue weighted by atomic mass is 9.77. The molecule has 0 radical (unpaired) electrons. The minimum atomic E-state index is -4.36. The van der Waals surface area contributed by atoms with Crippen LogP contribution < -0.4 is 16.3 Å². The van der Waals surface area contributed by atoms with E-state index in [1.165, 1.54) is 0 Å². The number of carbonyl (C=O) groups is 1. The van der Waals surface area contributed by atoms with Gasteiger partial charge in [-0.2, -0.15) is 13.2 Å². The van der Waals surface area contributed by atoms with Gasteiger partial charge in [0.25, 0.3) is 5.91 Å². The summed E-state index contributed by atoms with van der Waals surface area (Å²) in [4.78, 5) is 14.0. The number of alkyl halides is 5. The molecule has 4 rings (SSSR count). The van der Waals surface area contributed by atoms with Crippen LogP contribution in [0.3, 0.4) is 0 Å². The molecule has 1 saturated carbocycles. The molecule has 0 aromatic carbocycles. The fraction of sp³-hybridized carbons (Fsp3) is 0.944. The van der Waals surface area contributed by atoms with Crippen LogP contribution in [0.2, 0.25) is 0 Å². The normalized spacial score (nSPS) is 42.5. The van der Waals surface area contributed by atoms with Crippen molar-refractivity contribution in [3.05, 3.63) is 0 Å². The largest absolute Gasteiger partial charge is 0.392 e. The van der Waals surface area contributed by atoms with E-state index >= 15 is 0 Å². The summed E-state index contributed by atoms with van der Waals surface area (Å²) in [5, 5.41) is 1.28. The van der Waals surface area contributed by atoms with Crippen LogP contribution in [0.15, 0.2) is 0 Å². The Labute approximate surface area is 172 Å². The average Bonchev–Trinajstić information content (AvgIpc) is 3.06. The van der Waals surface area contributed by atoms with Gasteiger partial charge in [-0.05, 0) is 31.6 Å². The summed E-state index contributed by atoms with van der Waals surface area (Å²) in [5.41, 5.74) is 8.79. The monoisotopic (exact) mass is 441 g/mol. The van der Waals surface area contributed by atoms with Crippen molar-refractivity contribution in [1.82, 2.24) is 26.2 Å². The molecule has 1 amide bonds. The van der Waals surface area contributed by atoms with Crippen LogP contribution in [0.4, 0.5) is 17.6 Å². The van der Waals surface area contributed by atoms with Crippen molar-refractivity contribution in [2.24, 2.45) is 17.8 Å². The van der Waals surface area contributed by atoms with Crippen molar-refractivity contribution in [2.45, 2.75) is 55.5 Å². The highest BCUT2D eigenvalue weighted by Crippen LogP contribution is 2.43. The van der Waals surface area contributed by atoms with Crippen LogP contribution in [0.5, 0.6) is 0 Å². The van der Waals surface area contributed by atoms with Gasteiger partial charge < -0.3 is 0 Å². The van der Waals surface area contributed by atoms with Gasteiger partial charge in [0.05, 0.1) is 5.92 Å². The van der Waals surface area contributed by atoms with Gasteiger partial charge in [0.2, 0.25) is 0 Å². The molecule has 11 heteroatoms. The zero-order valence-electron chi connectivity index (χ0n) is 16.1. The maximum atomic E-state index is 13.6. The van der Waals surface area contributed by atoms with E-state index in [1.54, 1.807) is 0 Å². The molecule has 0 aromatic heterocycles. The molecular formula is C18H28ClF4N5O. The van der Waals surface area contributed by atoms with Crippen molar-refractivity contribution in [2.75, 3.05) is 32.7 Å². The number of nitrogens with one attached hydrogen (secondary N) is 3. The molecule has 0 aromatic rings. The number of hydrogen-bond donors (Lipinski definition) is 3. The highest BCUT2D eigenvalue weighted by molar-refractivity contribution is 6.31. The van der Waals surface area contributed by atoms with Gasteiger partial charge in [-0.25, -0.2) is 14.8 Å². The fourth-order valence-corrected chi connectivity index (χ4v) is 5.71. The van der Waals surface area contributed by atoms with E-state index in [-0.39, 0.29) is 43.3 Å². The number of hydrazine groups is 2. The van der Waals surface area contributed by atoms with Crippen molar-refractivity contribution in [3.8, 4) is 0 Å². The minimum absolute atomic E-state index is 0.102. The van der Waals surface area contributed by atoms with Gasteiger partial charge in [0.1, 0.15) is 11.5 Å². The van der Waals surface area contributed by atoms with Crippen molar-refractivity contribution in [3.63, 3.8) is 0 Å². The summed E-state index contributed by atoms with van der Waals surface area (Å²) in [6.07, 6.45) is -4.81. The molecular weight excluding hydrogens is 414 g/mol. The number of likely N-dealkylation sites (tertiary alicyclic amines) is 1. The maximum absolute atomic E-state index is 13.6. The van der Waals surface area contributed by atoms with E-state index < -0.39 is 36.0 Å². The second-order valence-corrected chi connectivity index (χ2v) is 9.31. The van der Waals surface area contributed by atoms with Crippen LogP contribution in [0.1, 0.15) is 25.7 Å². The lowest BCUT2D eigenvalue weighted by Gasteiger charge is -2.42. The molecule has 7 unspecified atom stereocenters. The number of fused-ring (bicyclic) bond motifs is 1. The van der Waals surface area contributed by atoms with E-state index in [1.807, 2.05) is 5.01 Å². The van der Waals surface area contributed by atoms with Gasteiger partial charge in [-0.1, -0.05) is 0 Å². The van der Waals surface area contributed by atoms with Gasteiger partial charge in [0, 0.05) is 50.7 Å². The average molecular weight is 442 g/mol. The molecule has 166 valence electrons. The van der Waals surface area contributed by atoms with Gasteiger partial charge in [0.15, 0.2) is 0 Å². The van der Waals surface area contributed by atoms with Crippen LogP contribution >= 0.6 is 11.6 Å². The Bertz CT molecular complexity index is 611. The summed E-state index contributed by atoms with van der Waals surface area (Å²) in [6.45, 7) is 3.03. The first-order valence-corrected chi connectivity index (χ1v) is 10.8. The number of halogens is 5. The highest BCUT2D eigenvalue weighted by Gasteiger charge is 2.49. The fourth-order valence-electron chi connectivity index (χ4n) is 5.40. The predicted molar refractivity (Wildman–Crippen MR) is 99.5 cm³/mol. The first kappa shape index (κ1) is 21.5. The van der Waals surface area contributed by atoms with E-state index in [9.17, 15) is 22.4 Å². The molecule has 3 heterocycles. The Balaban J connectivity index is 1.34. The third-order valence-electron chi connectivity index (χ3n) is 6.95. The van der Waals surface area contributed by atoms with Crippen LogP contribution in [-0.2, 0) is 4.79 Å². The maximum Gasteiger partial charge on any atom is 0.392 e. The molecule has 1 aliphatic carbocycles. The zero-order chi connectivity index (χ0) is 20.8. The third kappa shape index (κ3) is 4.66. The highest BCUT2D eigenvalue weighted by atomic mass is 35.5. The topological polar surface area (TPSA) is 59.6 Å². The minimum Gasteiger partial charge on any atom is -0.297 e. The van der Waals surface area contributed by atoms with Crippen molar-refractivity contribution >= 4 is 17.5 Å². The molecule has 3 aliphatic heterocycles. The number of nitrogens with zero attached hydrogens (tertiary/aromatic N) is 2. The summed E-state index contributed by atoms with van der Waals surface area (Å²) < 4.78 is 53.8. The number of rotatable bonds is 3. The van der Waals surface area contributed by atoms with Crippen molar-refractivity contribution < 1.29 is 22.4 Å². The van der Waals surface area contributed by atoms with Crippen LogP contribution in [0, 0.1) is 17.8 Å². The van der Waals surface area contributed by atoms with E-state index in [0.29, 0.717) is 13.1 Å². The standard InChI is InChI=1S/C18H28ClF4N5O/c19-16-15(6-24-25-17(16)29)27-4-3-14-11(7-27)9-28(26-14)8-10-1-2-12(20)5-13(10)18(21,22)23/h10-16,24,26H,1-9H2,(H,25,29). The summed E-state index contributed by atoms with van der Waals surface area (Å²) in [6, 6.07) is 0.113. The van der Waals surface area contributed by atoms with Gasteiger partial charge in [-0.3, -0.25) is 20.5 Å². The van der Waals surface area contributed by atoms with Gasteiger partial charge in [-0.15, -0.1) is 11.6 Å². The van der Waals surface area contributed by atoms with E-state index in [4.69, 9.17) is 11.6 Å². The SMILES string of the molecule is O=C1NNCC(N2CCC3NN(CC4CCC(F)CC4C(F)(F)F)CC3C2)C1Cl. The molecule has 29 heavy (non-hydrogen) atoms. The second kappa shape index (κ2) is 8.45. The lowest BCUT2D eigenvalue weighted by molar-refractivity contribution is -0.203. The number of amides is 1. The summed E-state index contributed by atoms with van der Waals surface area (Å²) >= 11 is 6.28. The molecule has 0 spiro atoms. The molecule has 0 bridgehead atoms. The van der Waals surface area contributed by atoms with Crippen LogP contribution in [-0.4, -0.2) is 78.3 Å². The Kier molecular flexibility index (Phi) is 6.28. The van der Waals surface area contributed by atoms with E-state index in [2.05, 4.69) is 21.2 Å². The Hall–Kier alpha value is -0.680. The number of hydrogen-bond acceptors (Lipinski definition) is 5. The summed E-state index contributed by atoms with van der Waals surface area (Å²) in [5.74, 6) is -2.13. The van der Waals surface area contributed by atoms with E-state index in [0.717, 1.165) is 19.5 Å². The van der Waals surface area contributed by atoms with Gasteiger partial charge >= 0.3 is 6.18 Å². The lowest BCUT2D eigenvalue weighted by Crippen LogP contribution is -2.64. The Morgan fingerprint density at radius 3 is 2.72 bits per heavy atom. The zero-order valence-corrected chi connectivity index (χ0v) is 16.9. The predicted octanol–water partition coefficient (Wildman–Crippen LogP) is 1.42. The Morgan fingerprint density at radius 2 is 1.97 bits per heavy atom. The first-order valence-electron chi connectivity index (χ1n) is 10.3. The second-order valence-electron chi connectivity index (χ2n) is 8.84. The molecule has 7 atom stereocenters. The first-order chi connectivity index (χ1) is 13.7. The molecule has 3 saturated heterocycles. The smallest absolute Gasteiger partial charge is 0.297 e. The third-order valence-corrected chi connectivity index (χ3v) is 7.44. The quantitative estimate of drug-likeness (QED) is 0.457. The summed E-state index contributed by atoms with van der Waals surface area (Å²) in [7, 11) is 0. The molecule has 3 N–H and O–H groups in total. The molecule has 4 fully saturated rings. The molecule has 6 nitrogen and oxygen atoms in total. The van der Waals surface area contributed by atoms with Crippen molar-refractivity contribution in [1.29, 1.82) is 0 Å². The number of piperidine rings is 1. The Morgan fingerprint density at radius 1 is 1.17 bits per heavy atom. The number of carbonyl (C=O) groups excluding carboxylic acids is 1. The van der Waals surface area contributed by atoms with Crippen LogP contribution in [0.25, 0.3) is 0 Å². The molecule has 4 aliphatic rings.